The highest BCUT2D eigenvalue weighted by Gasteiger charge is 2.18. The van der Waals surface area contributed by atoms with Crippen molar-refractivity contribution in [2.75, 3.05) is 6.61 Å². The number of hydrogen-bond donors (Lipinski definition) is 0. The molecule has 0 aromatic carbocycles. The zero-order chi connectivity index (χ0) is 7.84. The molecule has 1 aliphatic rings. The van der Waals surface area contributed by atoms with Crippen LogP contribution in [0.25, 0.3) is 0 Å². The van der Waals surface area contributed by atoms with E-state index in [1.165, 1.54) is 0 Å². The van der Waals surface area contributed by atoms with Crippen molar-refractivity contribution in [3.05, 3.63) is 16.5 Å². The second-order valence-corrected chi connectivity index (χ2v) is 2.80. The lowest BCUT2D eigenvalue weighted by Crippen LogP contribution is -1.92. The van der Waals surface area contributed by atoms with Gasteiger partial charge in [-0.05, 0) is 6.92 Å². The number of aryl methyl sites for hydroxylation is 1. The number of rotatable bonds is 0. The Morgan fingerprint density at radius 3 is 3.09 bits per heavy atom. The first-order chi connectivity index (χ1) is 5.27. The minimum Gasteiger partial charge on any atom is -0.477 e. The average Bonchev–Trinajstić information content (AvgIpc) is 2.34. The third-order valence-electron chi connectivity index (χ3n) is 1.62. The van der Waals surface area contributed by atoms with E-state index in [2.05, 4.69) is 9.97 Å². The van der Waals surface area contributed by atoms with Gasteiger partial charge in [-0.25, -0.2) is 4.98 Å². The van der Waals surface area contributed by atoms with Crippen molar-refractivity contribution in [1.29, 1.82) is 0 Å². The molecule has 0 radical (unpaired) electrons. The van der Waals surface area contributed by atoms with Gasteiger partial charge in [-0.15, -0.1) is 0 Å². The van der Waals surface area contributed by atoms with Crippen molar-refractivity contribution in [1.82, 2.24) is 9.97 Å². The highest BCUT2D eigenvalue weighted by molar-refractivity contribution is 6.30. The van der Waals surface area contributed by atoms with E-state index in [0.29, 0.717) is 23.5 Å². The van der Waals surface area contributed by atoms with Crippen molar-refractivity contribution in [3.63, 3.8) is 0 Å². The Morgan fingerprint density at radius 1 is 1.45 bits per heavy atom. The number of fused-ring (bicyclic) bond motifs is 1. The maximum atomic E-state index is 5.84. The lowest BCUT2D eigenvalue weighted by atomic mass is 10.3. The summed E-state index contributed by atoms with van der Waals surface area (Å²) in [5.74, 6) is 1.32. The standard InChI is InChI=1S/C7H7ClN2O/c1-4-9-6(8)5-2-3-11-7(5)10-4/h2-3H2,1H3. The van der Waals surface area contributed by atoms with Crippen LogP contribution in [0.2, 0.25) is 5.15 Å². The van der Waals surface area contributed by atoms with Gasteiger partial charge in [0.25, 0.3) is 0 Å². The van der Waals surface area contributed by atoms with Crippen molar-refractivity contribution < 1.29 is 4.74 Å². The fraction of sp³-hybridized carbons (Fsp3) is 0.429. The van der Waals surface area contributed by atoms with Gasteiger partial charge in [0.05, 0.1) is 12.2 Å². The predicted molar refractivity (Wildman–Crippen MR) is 41.0 cm³/mol. The highest BCUT2D eigenvalue weighted by atomic mass is 35.5. The molecule has 3 nitrogen and oxygen atoms in total. The van der Waals surface area contributed by atoms with E-state index in [1.807, 2.05) is 0 Å². The molecular weight excluding hydrogens is 164 g/mol. The number of hydrogen-bond acceptors (Lipinski definition) is 3. The molecule has 1 aromatic heterocycles. The minimum atomic E-state index is 0.532. The van der Waals surface area contributed by atoms with E-state index >= 15 is 0 Å². The van der Waals surface area contributed by atoms with Crippen molar-refractivity contribution in [2.45, 2.75) is 13.3 Å². The fourth-order valence-electron chi connectivity index (χ4n) is 1.12. The van der Waals surface area contributed by atoms with Gasteiger partial charge in [0.2, 0.25) is 5.88 Å². The monoisotopic (exact) mass is 170 g/mol. The van der Waals surface area contributed by atoms with Gasteiger partial charge in [-0.2, -0.15) is 4.98 Å². The molecule has 0 saturated carbocycles. The summed E-state index contributed by atoms with van der Waals surface area (Å²) in [5, 5.41) is 0.532. The van der Waals surface area contributed by atoms with Crippen LogP contribution in [0.4, 0.5) is 0 Å². The fourth-order valence-corrected chi connectivity index (χ4v) is 1.41. The Bertz CT molecular complexity index is 301. The number of halogens is 1. The average molecular weight is 171 g/mol. The quantitative estimate of drug-likeness (QED) is 0.552. The van der Waals surface area contributed by atoms with Crippen LogP contribution < -0.4 is 4.74 Å². The van der Waals surface area contributed by atoms with Crippen LogP contribution in [0.3, 0.4) is 0 Å². The predicted octanol–water partition coefficient (Wildman–Crippen LogP) is 1.37. The summed E-state index contributed by atoms with van der Waals surface area (Å²) in [6.07, 6.45) is 0.828. The number of nitrogens with zero attached hydrogens (tertiary/aromatic N) is 2. The van der Waals surface area contributed by atoms with Crippen LogP contribution in [-0.2, 0) is 6.42 Å². The Hall–Kier alpha value is -0.830. The van der Waals surface area contributed by atoms with Gasteiger partial charge in [-0.1, -0.05) is 11.6 Å². The van der Waals surface area contributed by atoms with Crippen molar-refractivity contribution in [3.8, 4) is 5.88 Å². The third kappa shape index (κ3) is 1.05. The van der Waals surface area contributed by atoms with Crippen molar-refractivity contribution >= 4 is 11.6 Å². The summed E-state index contributed by atoms with van der Waals surface area (Å²) in [5.41, 5.74) is 0.942. The zero-order valence-corrected chi connectivity index (χ0v) is 6.85. The van der Waals surface area contributed by atoms with E-state index in [1.54, 1.807) is 6.92 Å². The summed E-state index contributed by atoms with van der Waals surface area (Å²) in [4.78, 5) is 8.12. The van der Waals surface area contributed by atoms with E-state index < -0.39 is 0 Å². The SMILES string of the molecule is Cc1nc(Cl)c2c(n1)OCC2. The molecule has 0 saturated heterocycles. The maximum absolute atomic E-state index is 5.84. The topological polar surface area (TPSA) is 35.0 Å². The molecule has 0 aliphatic carbocycles. The van der Waals surface area contributed by atoms with Crippen LogP contribution in [0.1, 0.15) is 11.4 Å². The Morgan fingerprint density at radius 2 is 2.27 bits per heavy atom. The highest BCUT2D eigenvalue weighted by Crippen LogP contribution is 2.27. The van der Waals surface area contributed by atoms with Crippen LogP contribution in [0, 0.1) is 6.92 Å². The Labute approximate surface area is 69.4 Å². The van der Waals surface area contributed by atoms with E-state index in [9.17, 15) is 0 Å². The van der Waals surface area contributed by atoms with Gasteiger partial charge in [-0.3, -0.25) is 0 Å². The van der Waals surface area contributed by atoms with Gasteiger partial charge in [0, 0.05) is 6.42 Å². The molecule has 2 heterocycles. The first-order valence-electron chi connectivity index (χ1n) is 3.43. The molecule has 4 heteroatoms. The zero-order valence-electron chi connectivity index (χ0n) is 6.09. The molecule has 0 unspecified atom stereocenters. The summed E-state index contributed by atoms with van der Waals surface area (Å²) in [7, 11) is 0. The van der Waals surface area contributed by atoms with Crippen LogP contribution >= 0.6 is 11.6 Å². The van der Waals surface area contributed by atoms with Crippen molar-refractivity contribution in [2.24, 2.45) is 0 Å². The normalized spacial score (nSPS) is 14.4. The molecule has 11 heavy (non-hydrogen) atoms. The molecule has 1 aromatic rings. The molecule has 0 amide bonds. The first-order valence-corrected chi connectivity index (χ1v) is 3.81. The van der Waals surface area contributed by atoms with E-state index in [0.717, 1.165) is 12.0 Å². The molecule has 0 N–H and O–H groups in total. The smallest absolute Gasteiger partial charge is 0.221 e. The van der Waals surface area contributed by atoms with Crippen LogP contribution in [0.5, 0.6) is 5.88 Å². The Balaban J connectivity index is 2.60. The second-order valence-electron chi connectivity index (χ2n) is 2.44. The minimum absolute atomic E-state index is 0.532. The third-order valence-corrected chi connectivity index (χ3v) is 1.93. The lowest BCUT2D eigenvalue weighted by Gasteiger charge is -1.99. The molecule has 0 spiro atoms. The van der Waals surface area contributed by atoms with E-state index in [4.69, 9.17) is 16.3 Å². The van der Waals surface area contributed by atoms with Crippen LogP contribution in [-0.4, -0.2) is 16.6 Å². The summed E-state index contributed by atoms with van der Waals surface area (Å²) >= 11 is 5.84. The van der Waals surface area contributed by atoms with Gasteiger partial charge in [0.1, 0.15) is 11.0 Å². The molecular formula is C7H7ClN2O. The largest absolute Gasteiger partial charge is 0.477 e. The lowest BCUT2D eigenvalue weighted by molar-refractivity contribution is 0.344. The Kier molecular flexibility index (Phi) is 1.46. The van der Waals surface area contributed by atoms with E-state index in [-0.39, 0.29) is 0 Å². The maximum Gasteiger partial charge on any atom is 0.221 e. The molecule has 2 rings (SSSR count). The molecule has 0 bridgehead atoms. The van der Waals surface area contributed by atoms with Gasteiger partial charge in [0.15, 0.2) is 0 Å². The van der Waals surface area contributed by atoms with Gasteiger partial charge >= 0.3 is 0 Å². The molecule has 0 fully saturated rings. The molecule has 58 valence electrons. The van der Waals surface area contributed by atoms with Gasteiger partial charge < -0.3 is 4.74 Å². The molecule has 1 aliphatic heterocycles. The summed E-state index contributed by atoms with van der Waals surface area (Å²) in [6.45, 7) is 2.47. The summed E-state index contributed by atoms with van der Waals surface area (Å²) < 4.78 is 5.22. The second kappa shape index (κ2) is 2.34. The number of ether oxygens (including phenoxy) is 1. The van der Waals surface area contributed by atoms with Crippen LogP contribution in [0.15, 0.2) is 0 Å². The molecule has 0 atom stereocenters. The summed E-state index contributed by atoms with van der Waals surface area (Å²) in [6, 6.07) is 0. The number of aromatic nitrogens is 2. The first kappa shape index (κ1) is 6.85.